The van der Waals surface area contributed by atoms with Crippen molar-refractivity contribution in [2.45, 2.75) is 386 Å². The molecule has 20 heteroatoms. The number of anilines is 1. The van der Waals surface area contributed by atoms with Crippen LogP contribution in [-0.4, -0.2) is 108 Å². The van der Waals surface area contributed by atoms with E-state index >= 15 is 0 Å². The lowest BCUT2D eigenvalue weighted by molar-refractivity contribution is -0.153. The fourth-order valence-electron chi connectivity index (χ4n) is 13.1. The third kappa shape index (κ3) is 46.8. The van der Waals surface area contributed by atoms with Crippen LogP contribution in [0.25, 0.3) is 0 Å². The number of amides is 2. The summed E-state index contributed by atoms with van der Waals surface area (Å²) in [7, 11) is -1.34. The predicted molar refractivity (Wildman–Crippen MR) is 410 cm³/mol. The van der Waals surface area contributed by atoms with Gasteiger partial charge in [0, 0.05) is 42.6 Å². The average molecular weight is 1460 g/mol. The largest absolute Gasteiger partial charge is 0.694 e. The Morgan fingerprint density at radius 2 is 0.922 bits per heavy atom. The van der Waals surface area contributed by atoms with Crippen molar-refractivity contribution >= 4 is 43.6 Å². The van der Waals surface area contributed by atoms with Gasteiger partial charge in [-0.3, -0.25) is 23.7 Å². The van der Waals surface area contributed by atoms with E-state index in [0.29, 0.717) is 42.6 Å². The van der Waals surface area contributed by atoms with E-state index in [2.05, 4.69) is 31.1 Å². The normalized spacial score (nSPS) is 14.4. The third-order valence-corrected chi connectivity index (χ3v) is 19.9. The van der Waals surface area contributed by atoms with E-state index in [4.69, 9.17) is 32.9 Å². The van der Waals surface area contributed by atoms with E-state index in [1.807, 2.05) is 0 Å². The van der Waals surface area contributed by atoms with Gasteiger partial charge >= 0.3 is 25.9 Å². The van der Waals surface area contributed by atoms with Crippen LogP contribution < -0.4 is 25.2 Å². The summed E-state index contributed by atoms with van der Waals surface area (Å²) in [6.07, 6.45) is 59.1. The molecular weight excluding hydrogens is 1310 g/mol. The summed E-state index contributed by atoms with van der Waals surface area (Å²) < 4.78 is 54.0. The second-order valence-corrected chi connectivity index (χ2v) is 29.6. The first-order chi connectivity index (χ1) is 49.8. The molecule has 0 aliphatic carbocycles. The molecule has 1 aromatic carbocycles. The van der Waals surface area contributed by atoms with E-state index < -0.39 is 56.8 Å². The second kappa shape index (κ2) is 62.3. The zero-order valence-corrected chi connectivity index (χ0v) is 65.6. The number of Topliss-reactive ketones (excluding diaryl/α,β-unsaturated/α-hetero) is 1. The van der Waals surface area contributed by atoms with Crippen molar-refractivity contribution in [3.63, 3.8) is 0 Å². The van der Waals surface area contributed by atoms with E-state index in [0.717, 1.165) is 55.9 Å². The first-order valence-electron chi connectivity index (χ1n) is 41.3. The van der Waals surface area contributed by atoms with Crippen molar-refractivity contribution in [3.05, 3.63) is 40.4 Å². The van der Waals surface area contributed by atoms with Gasteiger partial charge in [0.05, 0.1) is 39.2 Å². The molecule has 584 valence electrons. The minimum Gasteiger partial charge on any atom is -0.490 e. The van der Waals surface area contributed by atoms with Crippen LogP contribution in [0.4, 0.5) is 5.82 Å². The number of ketones is 1. The van der Waals surface area contributed by atoms with Gasteiger partial charge in [-0.25, -0.2) is 4.79 Å². The minimum atomic E-state index is -3.00. The zero-order valence-electron chi connectivity index (χ0n) is 64.7. The smallest absolute Gasteiger partial charge is 0.490 e. The molecule has 1 aliphatic heterocycles. The number of esters is 2. The zero-order chi connectivity index (χ0) is 73.7. The summed E-state index contributed by atoms with van der Waals surface area (Å²) in [4.78, 5) is 92.1. The number of likely N-dealkylation sites (N-methyl/N-ethyl adjacent to an activating group) is 1. The number of nitrogens with one attached hydrogen (secondary N) is 1. The molecule has 0 bridgehead atoms. The maximum absolute atomic E-state index is 14.4. The van der Waals surface area contributed by atoms with Crippen LogP contribution >= 0.6 is 8.25 Å². The van der Waals surface area contributed by atoms with Crippen molar-refractivity contribution in [2.75, 3.05) is 51.9 Å². The van der Waals surface area contributed by atoms with Gasteiger partial charge in [0.2, 0.25) is 11.7 Å². The maximum Gasteiger partial charge on any atom is 0.694 e. The second-order valence-electron chi connectivity index (χ2n) is 28.9. The predicted octanol–water partition coefficient (Wildman–Crippen LogP) is 21.4. The molecule has 1 fully saturated rings. The fraction of sp³-hybridized carbons (Fsp3) is 0.817. The first kappa shape index (κ1) is 91.2. The Balaban J connectivity index is 1.62. The van der Waals surface area contributed by atoms with Crippen molar-refractivity contribution in [3.8, 4) is 17.2 Å². The number of nitrogens with zero attached hydrogens (tertiary/aromatic N) is 3. The summed E-state index contributed by atoms with van der Waals surface area (Å²) in [6, 6.07) is 4.89. The molecule has 0 spiro atoms. The Labute approximate surface area is 617 Å². The molecule has 1 aliphatic rings. The van der Waals surface area contributed by atoms with E-state index in [-0.39, 0.29) is 62.8 Å². The Kier molecular flexibility index (Phi) is 55.7. The van der Waals surface area contributed by atoms with Crippen molar-refractivity contribution < 1.29 is 66.4 Å². The number of ether oxygens (including phenoxy) is 6. The molecule has 4 atom stereocenters. The molecule has 2 aromatic rings. The van der Waals surface area contributed by atoms with Gasteiger partial charge in [-0.2, -0.15) is 4.98 Å². The van der Waals surface area contributed by atoms with E-state index in [9.17, 15) is 38.2 Å². The van der Waals surface area contributed by atoms with Crippen LogP contribution in [0, 0.1) is 0 Å². The summed E-state index contributed by atoms with van der Waals surface area (Å²) in [5.41, 5.74) is -0.444. The Bertz CT molecular complexity index is 2510. The quantitative estimate of drug-likeness (QED) is 0.0356. The van der Waals surface area contributed by atoms with Crippen LogP contribution in [0.15, 0.2) is 29.2 Å². The highest BCUT2D eigenvalue weighted by atomic mass is 31.1. The summed E-state index contributed by atoms with van der Waals surface area (Å²) in [5, 5.41) is 2.52. The molecule has 0 radical (unpaired) electrons. The number of carbonyl (C=O) groups excluding carboxylic acids is 5. The average Bonchev–Trinajstić information content (AvgIpc) is 1.27. The number of aromatic nitrogens is 2. The van der Waals surface area contributed by atoms with Crippen LogP contribution in [0.2, 0.25) is 0 Å². The number of carbonyl (C=O) groups is 5. The van der Waals surface area contributed by atoms with Crippen molar-refractivity contribution in [1.82, 2.24) is 14.5 Å². The Hall–Kier alpha value is -4.97. The lowest BCUT2D eigenvalue weighted by Gasteiger charge is -2.21. The third-order valence-electron chi connectivity index (χ3n) is 19.5. The summed E-state index contributed by atoms with van der Waals surface area (Å²) in [6.45, 7) is 9.17. The Morgan fingerprint density at radius 1 is 0.539 bits per heavy atom. The summed E-state index contributed by atoms with van der Waals surface area (Å²) in [5.74, 6) is -1.01. The van der Waals surface area contributed by atoms with Crippen LogP contribution in [-0.2, 0) is 42.5 Å². The van der Waals surface area contributed by atoms with E-state index in [1.165, 1.54) is 281 Å². The van der Waals surface area contributed by atoms with Gasteiger partial charge in [-0.05, 0) is 44.4 Å². The number of unbranched alkanes of at least 4 members (excludes halogenated alkanes) is 45. The van der Waals surface area contributed by atoms with Crippen molar-refractivity contribution in [1.29, 1.82) is 0 Å². The standard InChI is InChI=1S/C82H141N4O15P/c1-6-9-12-15-18-21-24-27-30-33-36-39-42-45-48-51-61-95-72-65-70(81(91)85(5)60-64-97-78(89)57-55-76(88)83-75-58-59-86(82(92)84-75)77-67-71(74(100-77)68-99-102(93)94)101-79(90)56-54-69(4)87)66-73(96-62-52-49-46-43-40-37-34-31-28-25-22-19-16-13-10-7-2)80(72)98-63-53-50-47-44-41-38-35-32-29-26-23-20-17-14-11-8-3/h58-59,65-66,71,74,77H,6-57,60-64,67-68H2,1-5H3,(H-,83,84,88,92,93,94)/p+1/t71?,74-,77-/m1/s1. The monoisotopic (exact) mass is 1450 g/mol. The van der Waals surface area contributed by atoms with Gasteiger partial charge in [-0.1, -0.05) is 310 Å². The topological polar surface area (TPSA) is 237 Å². The van der Waals surface area contributed by atoms with Gasteiger partial charge in [0.25, 0.3) is 5.91 Å². The molecule has 102 heavy (non-hydrogen) atoms. The molecule has 2 N–H and O–H groups in total. The minimum absolute atomic E-state index is 0.0301. The van der Waals surface area contributed by atoms with Gasteiger partial charge in [0.1, 0.15) is 43.3 Å². The number of hydrogen-bond donors (Lipinski definition) is 2. The fourth-order valence-corrected chi connectivity index (χ4v) is 13.4. The van der Waals surface area contributed by atoms with Gasteiger partial charge in [0.15, 0.2) is 11.5 Å². The van der Waals surface area contributed by atoms with Crippen LogP contribution in [0.5, 0.6) is 17.2 Å². The molecule has 19 nitrogen and oxygen atoms in total. The maximum atomic E-state index is 14.4. The van der Waals surface area contributed by atoms with Gasteiger partial charge in [-0.15, -0.1) is 9.42 Å². The van der Waals surface area contributed by atoms with E-state index in [1.54, 1.807) is 19.2 Å². The highest BCUT2D eigenvalue weighted by Gasteiger charge is 2.41. The number of benzene rings is 1. The molecule has 2 amide bonds. The van der Waals surface area contributed by atoms with Crippen LogP contribution in [0.1, 0.15) is 385 Å². The first-order valence-corrected chi connectivity index (χ1v) is 42.4. The van der Waals surface area contributed by atoms with Crippen LogP contribution in [0.3, 0.4) is 0 Å². The summed E-state index contributed by atoms with van der Waals surface area (Å²) >= 11 is 0. The molecule has 1 saturated heterocycles. The highest BCUT2D eigenvalue weighted by Crippen LogP contribution is 2.40. The van der Waals surface area contributed by atoms with Crippen molar-refractivity contribution in [2.24, 2.45) is 0 Å². The molecule has 3 rings (SSSR count). The SMILES string of the molecule is CCCCCCCCCCCCCCCCCCOc1cc(C(=O)N(C)CCOC(=O)CCC(=O)Nc2ccn([C@H]3CC(OC(=O)CCC(C)=O)[C@@H](CO[P+](=O)O)O3)c(=O)n2)cc(OCCCCCCCCCCCCCCCCCC)c1OCCCCCCCCCCCCCCCCCC. The molecule has 2 unspecified atom stereocenters. The lowest BCUT2D eigenvalue weighted by Crippen LogP contribution is -2.31. The Morgan fingerprint density at radius 3 is 1.30 bits per heavy atom. The molecule has 2 heterocycles. The number of rotatable bonds is 70. The molecular formula is C82H142N4O15P+. The molecule has 0 saturated carbocycles. The lowest BCUT2D eigenvalue weighted by atomic mass is 10.0. The highest BCUT2D eigenvalue weighted by molar-refractivity contribution is 7.32. The number of hydrogen-bond acceptors (Lipinski definition) is 15. The van der Waals surface area contributed by atoms with Gasteiger partial charge < -0.3 is 43.4 Å². The molecule has 1 aromatic heterocycles.